The topological polar surface area (TPSA) is 63.2 Å². The smallest absolute Gasteiger partial charge is 0.257 e. The number of hydrogen-bond acceptors (Lipinski definition) is 4. The van der Waals surface area contributed by atoms with Gasteiger partial charge in [0.15, 0.2) is 0 Å². The van der Waals surface area contributed by atoms with Crippen molar-refractivity contribution < 1.29 is 9.53 Å². The van der Waals surface area contributed by atoms with Gasteiger partial charge >= 0.3 is 0 Å². The maximum Gasteiger partial charge on any atom is 0.257 e. The fourth-order valence-electron chi connectivity index (χ4n) is 2.70. The van der Waals surface area contributed by atoms with E-state index in [1.165, 1.54) is 11.8 Å². The molecule has 0 saturated carbocycles. The van der Waals surface area contributed by atoms with Crippen LogP contribution in [0.1, 0.15) is 35.7 Å². The molecule has 0 saturated heterocycles. The van der Waals surface area contributed by atoms with Crippen molar-refractivity contribution in [3.8, 4) is 5.75 Å². The first kappa shape index (κ1) is 19.7. The van der Waals surface area contributed by atoms with Crippen LogP contribution in [0.2, 0.25) is 5.02 Å². The van der Waals surface area contributed by atoms with Crippen LogP contribution in [0.5, 0.6) is 5.75 Å². The Morgan fingerprint density at radius 1 is 1.00 bits per heavy atom. The number of halogens is 1. The molecule has 0 atom stereocenters. The van der Waals surface area contributed by atoms with Crippen molar-refractivity contribution in [1.82, 2.24) is 4.98 Å². The summed E-state index contributed by atoms with van der Waals surface area (Å²) in [7, 11) is 1.54. The highest BCUT2D eigenvalue weighted by Gasteiger charge is 2.10. The van der Waals surface area contributed by atoms with Gasteiger partial charge in [-0.1, -0.05) is 37.6 Å². The van der Waals surface area contributed by atoms with Gasteiger partial charge in [-0.05, 0) is 47.9 Å². The summed E-state index contributed by atoms with van der Waals surface area (Å²) < 4.78 is 5.12. The van der Waals surface area contributed by atoms with Gasteiger partial charge in [0.25, 0.3) is 5.91 Å². The second-order valence-corrected chi connectivity index (χ2v) is 7.07. The van der Waals surface area contributed by atoms with Crippen molar-refractivity contribution >= 4 is 34.6 Å². The molecule has 0 radical (unpaired) electrons. The van der Waals surface area contributed by atoms with Crippen molar-refractivity contribution in [3.05, 3.63) is 77.1 Å². The van der Waals surface area contributed by atoms with E-state index >= 15 is 0 Å². The Morgan fingerprint density at radius 2 is 1.71 bits per heavy atom. The number of rotatable bonds is 6. The first-order valence-corrected chi connectivity index (χ1v) is 9.31. The zero-order valence-electron chi connectivity index (χ0n) is 16.0. The minimum absolute atomic E-state index is 0.271. The number of benzene rings is 2. The highest BCUT2D eigenvalue weighted by molar-refractivity contribution is 6.32. The van der Waals surface area contributed by atoms with E-state index in [0.29, 0.717) is 27.9 Å². The van der Waals surface area contributed by atoms with Crippen LogP contribution in [0.3, 0.4) is 0 Å². The monoisotopic (exact) mass is 395 g/mol. The Hall–Kier alpha value is -3.05. The molecule has 6 heteroatoms. The minimum atomic E-state index is -0.271. The average molecular weight is 396 g/mol. The molecule has 1 amide bonds. The Morgan fingerprint density at radius 3 is 2.36 bits per heavy atom. The van der Waals surface area contributed by atoms with Gasteiger partial charge in [0.1, 0.15) is 5.75 Å². The second kappa shape index (κ2) is 8.76. The molecular weight excluding hydrogens is 374 g/mol. The van der Waals surface area contributed by atoms with Crippen LogP contribution in [0.25, 0.3) is 0 Å². The number of carbonyl (C=O) groups excluding carboxylic acids is 1. The number of methoxy groups -OCH3 is 1. The maximum atomic E-state index is 12.6. The molecule has 1 heterocycles. The summed E-state index contributed by atoms with van der Waals surface area (Å²) in [5, 5.41) is 6.52. The number of ether oxygens (including phenoxy) is 1. The Balaban J connectivity index is 1.71. The first-order chi connectivity index (χ1) is 13.5. The first-order valence-electron chi connectivity index (χ1n) is 8.93. The predicted octanol–water partition coefficient (Wildman–Crippen LogP) is 5.86. The van der Waals surface area contributed by atoms with Gasteiger partial charge in [-0.25, -0.2) is 0 Å². The van der Waals surface area contributed by atoms with Crippen LogP contribution in [0.4, 0.5) is 17.1 Å². The molecular formula is C22H22ClN3O2. The van der Waals surface area contributed by atoms with Gasteiger partial charge in [0.05, 0.1) is 29.6 Å². The van der Waals surface area contributed by atoms with Crippen LogP contribution in [-0.4, -0.2) is 18.0 Å². The molecule has 0 aliphatic rings. The zero-order valence-corrected chi connectivity index (χ0v) is 16.7. The molecule has 144 valence electrons. The van der Waals surface area contributed by atoms with Crippen LogP contribution in [0, 0.1) is 0 Å². The lowest BCUT2D eigenvalue weighted by molar-refractivity contribution is 0.102. The third-order valence-corrected chi connectivity index (χ3v) is 4.57. The van der Waals surface area contributed by atoms with Crippen molar-refractivity contribution in [1.29, 1.82) is 0 Å². The number of nitrogens with zero attached hydrogens (tertiary/aromatic N) is 1. The van der Waals surface area contributed by atoms with Gasteiger partial charge in [-0.3, -0.25) is 9.78 Å². The molecule has 28 heavy (non-hydrogen) atoms. The lowest BCUT2D eigenvalue weighted by atomic mass is 10.0. The van der Waals surface area contributed by atoms with Crippen LogP contribution in [0.15, 0.2) is 60.9 Å². The third-order valence-electron chi connectivity index (χ3n) is 4.28. The van der Waals surface area contributed by atoms with E-state index in [-0.39, 0.29) is 5.91 Å². The minimum Gasteiger partial charge on any atom is -0.495 e. The van der Waals surface area contributed by atoms with Crippen molar-refractivity contribution in [2.45, 2.75) is 19.8 Å². The molecule has 3 aromatic rings. The van der Waals surface area contributed by atoms with E-state index in [1.54, 1.807) is 37.6 Å². The van der Waals surface area contributed by atoms with Crippen LogP contribution >= 0.6 is 11.6 Å². The summed E-state index contributed by atoms with van der Waals surface area (Å²) in [6.07, 6.45) is 3.20. The summed E-state index contributed by atoms with van der Waals surface area (Å²) in [6, 6.07) is 15.0. The SMILES string of the molecule is COc1ccc(NC(=O)c2cncc(Nc3ccc(C(C)C)cc3)c2)cc1Cl. The number of pyridine rings is 1. The zero-order chi connectivity index (χ0) is 20.1. The number of anilines is 3. The molecule has 0 aliphatic heterocycles. The average Bonchev–Trinajstić information content (AvgIpc) is 2.69. The lowest BCUT2D eigenvalue weighted by Crippen LogP contribution is -2.12. The maximum absolute atomic E-state index is 12.6. The highest BCUT2D eigenvalue weighted by Crippen LogP contribution is 2.27. The number of nitrogens with one attached hydrogen (secondary N) is 2. The molecule has 2 aromatic carbocycles. The van der Waals surface area contributed by atoms with Gasteiger partial charge in [0, 0.05) is 17.6 Å². The van der Waals surface area contributed by atoms with Crippen LogP contribution < -0.4 is 15.4 Å². The second-order valence-electron chi connectivity index (χ2n) is 6.67. The largest absolute Gasteiger partial charge is 0.495 e. The molecule has 5 nitrogen and oxygen atoms in total. The third kappa shape index (κ3) is 4.81. The number of aromatic nitrogens is 1. The molecule has 2 N–H and O–H groups in total. The lowest BCUT2D eigenvalue weighted by Gasteiger charge is -2.11. The number of amides is 1. The molecule has 1 aromatic heterocycles. The van der Waals surface area contributed by atoms with E-state index in [9.17, 15) is 4.79 Å². The van der Waals surface area contributed by atoms with E-state index < -0.39 is 0 Å². The highest BCUT2D eigenvalue weighted by atomic mass is 35.5. The normalized spacial score (nSPS) is 10.6. The molecule has 0 aliphatic carbocycles. The standard InChI is InChI=1S/C22H22ClN3O2/c1-14(2)15-4-6-17(7-5-15)25-19-10-16(12-24-13-19)22(27)26-18-8-9-21(28-3)20(23)11-18/h4-14,25H,1-3H3,(H,26,27). The summed E-state index contributed by atoms with van der Waals surface area (Å²) in [5.41, 5.74) is 3.97. The Kier molecular flexibility index (Phi) is 6.16. The summed E-state index contributed by atoms with van der Waals surface area (Å²) >= 11 is 6.11. The summed E-state index contributed by atoms with van der Waals surface area (Å²) in [6.45, 7) is 4.31. The molecule has 0 fully saturated rings. The summed E-state index contributed by atoms with van der Waals surface area (Å²) in [5.74, 6) is 0.762. The molecule has 0 bridgehead atoms. The molecule has 0 unspecified atom stereocenters. The Bertz CT molecular complexity index is 972. The van der Waals surface area contributed by atoms with E-state index in [0.717, 1.165) is 11.4 Å². The quantitative estimate of drug-likeness (QED) is 0.548. The van der Waals surface area contributed by atoms with E-state index in [1.807, 2.05) is 12.1 Å². The molecule has 3 rings (SSSR count). The van der Waals surface area contributed by atoms with Gasteiger partial charge in [0.2, 0.25) is 0 Å². The van der Waals surface area contributed by atoms with E-state index in [4.69, 9.17) is 16.3 Å². The summed E-state index contributed by atoms with van der Waals surface area (Å²) in [4.78, 5) is 16.7. The number of hydrogen-bond donors (Lipinski definition) is 2. The van der Waals surface area contributed by atoms with Crippen molar-refractivity contribution in [2.75, 3.05) is 17.7 Å². The van der Waals surface area contributed by atoms with E-state index in [2.05, 4.69) is 41.6 Å². The van der Waals surface area contributed by atoms with Crippen LogP contribution in [-0.2, 0) is 0 Å². The van der Waals surface area contributed by atoms with Gasteiger partial charge < -0.3 is 15.4 Å². The van der Waals surface area contributed by atoms with Gasteiger partial charge in [-0.2, -0.15) is 0 Å². The van der Waals surface area contributed by atoms with Gasteiger partial charge in [-0.15, -0.1) is 0 Å². The Labute approximate surface area is 169 Å². The number of carbonyl (C=O) groups is 1. The van der Waals surface area contributed by atoms with Crippen molar-refractivity contribution in [3.63, 3.8) is 0 Å². The van der Waals surface area contributed by atoms with Crippen molar-refractivity contribution in [2.24, 2.45) is 0 Å². The fourth-order valence-corrected chi connectivity index (χ4v) is 2.96. The fraction of sp³-hybridized carbons (Fsp3) is 0.182. The molecule has 0 spiro atoms. The predicted molar refractivity (Wildman–Crippen MR) is 114 cm³/mol.